The summed E-state index contributed by atoms with van der Waals surface area (Å²) in [6.45, 7) is 2.86. The van der Waals surface area contributed by atoms with Gasteiger partial charge in [0.25, 0.3) is 10.0 Å². The molecule has 1 aromatic heterocycles. The fourth-order valence-electron chi connectivity index (χ4n) is 2.72. The van der Waals surface area contributed by atoms with E-state index in [0.717, 1.165) is 30.6 Å². The molecule has 0 radical (unpaired) electrons. The van der Waals surface area contributed by atoms with Crippen molar-refractivity contribution in [2.24, 2.45) is 0 Å². The monoisotopic (exact) mass is 388 g/mol. The third-order valence-corrected chi connectivity index (χ3v) is 7.53. The minimum Gasteiger partial charge on any atom is -0.481 e. The zero-order chi connectivity index (χ0) is 18.4. The number of carboxylic acids is 1. The summed E-state index contributed by atoms with van der Waals surface area (Å²) >= 11 is 1.12. The molecule has 2 N–H and O–H groups in total. The van der Waals surface area contributed by atoms with Crippen LogP contribution >= 0.6 is 11.3 Å². The maximum absolute atomic E-state index is 12.6. The van der Waals surface area contributed by atoms with E-state index in [9.17, 15) is 18.0 Å². The van der Waals surface area contributed by atoms with E-state index in [4.69, 9.17) is 5.11 Å². The number of carbonyl (C=O) groups excluding carboxylic acids is 1. The molecule has 1 fully saturated rings. The maximum Gasteiger partial charge on any atom is 0.303 e. The van der Waals surface area contributed by atoms with E-state index in [2.05, 4.69) is 5.32 Å². The van der Waals surface area contributed by atoms with Crippen molar-refractivity contribution in [2.45, 2.75) is 55.7 Å². The highest BCUT2D eigenvalue weighted by molar-refractivity contribution is 7.91. The molecule has 1 aliphatic heterocycles. The first kappa shape index (κ1) is 19.9. The highest BCUT2D eigenvalue weighted by atomic mass is 32.2. The van der Waals surface area contributed by atoms with E-state index in [0.29, 0.717) is 24.4 Å². The van der Waals surface area contributed by atoms with E-state index in [-0.39, 0.29) is 29.0 Å². The Morgan fingerprint density at radius 1 is 1.28 bits per heavy atom. The molecule has 0 saturated carbocycles. The van der Waals surface area contributed by atoms with Gasteiger partial charge in [-0.1, -0.05) is 6.42 Å². The summed E-state index contributed by atoms with van der Waals surface area (Å²) in [6.07, 6.45) is 3.28. The zero-order valence-corrected chi connectivity index (χ0v) is 15.9. The first-order chi connectivity index (χ1) is 11.8. The van der Waals surface area contributed by atoms with E-state index in [1.54, 1.807) is 19.1 Å². The van der Waals surface area contributed by atoms with Crippen molar-refractivity contribution in [3.8, 4) is 0 Å². The number of piperidine rings is 1. The number of amides is 1. The van der Waals surface area contributed by atoms with Crippen LogP contribution < -0.4 is 5.32 Å². The average Bonchev–Trinajstić information content (AvgIpc) is 3.03. The maximum atomic E-state index is 12.6. The quantitative estimate of drug-likeness (QED) is 0.707. The van der Waals surface area contributed by atoms with Crippen LogP contribution in [0.3, 0.4) is 0 Å². The Hall–Kier alpha value is -1.45. The molecule has 1 atom stereocenters. The van der Waals surface area contributed by atoms with Gasteiger partial charge >= 0.3 is 5.97 Å². The Morgan fingerprint density at radius 3 is 2.60 bits per heavy atom. The molecular weight excluding hydrogens is 364 g/mol. The molecule has 1 aliphatic rings. The van der Waals surface area contributed by atoms with Gasteiger partial charge in [0.05, 0.1) is 6.42 Å². The van der Waals surface area contributed by atoms with Gasteiger partial charge in [-0.05, 0) is 38.3 Å². The minimum absolute atomic E-state index is 0.00131. The van der Waals surface area contributed by atoms with Crippen molar-refractivity contribution >= 4 is 33.2 Å². The molecule has 0 aromatic carbocycles. The minimum atomic E-state index is -3.46. The predicted octanol–water partition coefficient (Wildman–Crippen LogP) is 1.83. The molecule has 1 unspecified atom stereocenters. The molecule has 9 heteroatoms. The number of nitrogens with zero attached hydrogens (tertiary/aromatic N) is 1. The molecule has 25 heavy (non-hydrogen) atoms. The van der Waals surface area contributed by atoms with Crippen LogP contribution in [0, 0.1) is 0 Å². The first-order valence-electron chi connectivity index (χ1n) is 8.39. The van der Waals surface area contributed by atoms with Crippen LogP contribution in [0.5, 0.6) is 0 Å². The number of hydrogen-bond acceptors (Lipinski definition) is 5. The molecule has 140 valence electrons. The van der Waals surface area contributed by atoms with E-state index in [1.165, 1.54) is 4.31 Å². The van der Waals surface area contributed by atoms with Crippen molar-refractivity contribution in [2.75, 3.05) is 13.1 Å². The number of hydrogen-bond donors (Lipinski definition) is 2. The lowest BCUT2D eigenvalue weighted by Gasteiger charge is -2.25. The standard InChI is InChI=1S/C16H24N2O5S2/c1-12(5-7-15(20)21)17-14(19)11-13-6-8-16(24-13)25(22,23)18-9-3-2-4-10-18/h6,8,12H,2-5,7,9-11H2,1H3,(H,17,19)(H,20,21). The Morgan fingerprint density at radius 2 is 1.96 bits per heavy atom. The van der Waals surface area contributed by atoms with Crippen LogP contribution in [0.4, 0.5) is 0 Å². The molecular formula is C16H24N2O5S2. The number of nitrogens with one attached hydrogen (secondary N) is 1. The number of carbonyl (C=O) groups is 2. The number of sulfonamides is 1. The van der Waals surface area contributed by atoms with Crippen molar-refractivity contribution in [1.82, 2.24) is 9.62 Å². The van der Waals surface area contributed by atoms with E-state index >= 15 is 0 Å². The normalized spacial score (nSPS) is 17.2. The molecule has 0 spiro atoms. The van der Waals surface area contributed by atoms with Gasteiger partial charge in [0.1, 0.15) is 4.21 Å². The number of aliphatic carboxylic acids is 1. The van der Waals surface area contributed by atoms with Gasteiger partial charge in [0.15, 0.2) is 0 Å². The Bertz CT molecular complexity index is 708. The lowest BCUT2D eigenvalue weighted by atomic mass is 10.2. The van der Waals surface area contributed by atoms with Crippen LogP contribution in [-0.2, 0) is 26.0 Å². The van der Waals surface area contributed by atoms with Gasteiger partial charge in [-0.2, -0.15) is 4.31 Å². The summed E-state index contributed by atoms with van der Waals surface area (Å²) in [5.41, 5.74) is 0. The van der Waals surface area contributed by atoms with Crippen LogP contribution in [0.25, 0.3) is 0 Å². The number of rotatable bonds is 8. The SMILES string of the molecule is CC(CCC(=O)O)NC(=O)Cc1ccc(S(=O)(=O)N2CCCCC2)s1. The van der Waals surface area contributed by atoms with Crippen molar-refractivity contribution in [3.63, 3.8) is 0 Å². The summed E-state index contributed by atoms with van der Waals surface area (Å²) in [5, 5.41) is 11.4. The fraction of sp³-hybridized carbons (Fsp3) is 0.625. The van der Waals surface area contributed by atoms with Gasteiger partial charge < -0.3 is 10.4 Å². The largest absolute Gasteiger partial charge is 0.481 e. The number of carboxylic acid groups (broad SMARTS) is 1. The fourth-order valence-corrected chi connectivity index (χ4v) is 5.75. The van der Waals surface area contributed by atoms with Gasteiger partial charge in [-0.15, -0.1) is 11.3 Å². The molecule has 2 heterocycles. The smallest absolute Gasteiger partial charge is 0.303 e. The molecule has 0 aliphatic carbocycles. The molecule has 2 rings (SSSR count). The van der Waals surface area contributed by atoms with Crippen molar-refractivity contribution in [3.05, 3.63) is 17.0 Å². The highest BCUT2D eigenvalue weighted by Gasteiger charge is 2.27. The lowest BCUT2D eigenvalue weighted by molar-refractivity contribution is -0.137. The summed E-state index contributed by atoms with van der Waals surface area (Å²) in [6, 6.07) is 2.99. The third-order valence-electron chi connectivity index (χ3n) is 4.08. The Kier molecular flexibility index (Phi) is 6.97. The summed E-state index contributed by atoms with van der Waals surface area (Å²) in [5.74, 6) is -1.13. The highest BCUT2D eigenvalue weighted by Crippen LogP contribution is 2.27. The Labute approximate surface area is 152 Å². The Balaban J connectivity index is 1.92. The lowest BCUT2D eigenvalue weighted by Crippen LogP contribution is -2.35. The van der Waals surface area contributed by atoms with Crippen LogP contribution in [0.1, 0.15) is 43.9 Å². The van der Waals surface area contributed by atoms with Crippen LogP contribution in [0.2, 0.25) is 0 Å². The molecule has 1 saturated heterocycles. The predicted molar refractivity (Wildman–Crippen MR) is 95.1 cm³/mol. The number of thiophene rings is 1. The summed E-state index contributed by atoms with van der Waals surface area (Å²) < 4.78 is 27.0. The first-order valence-corrected chi connectivity index (χ1v) is 10.6. The molecule has 0 bridgehead atoms. The second kappa shape index (κ2) is 8.77. The molecule has 7 nitrogen and oxygen atoms in total. The van der Waals surface area contributed by atoms with E-state index < -0.39 is 16.0 Å². The zero-order valence-electron chi connectivity index (χ0n) is 14.2. The third kappa shape index (κ3) is 5.79. The summed E-state index contributed by atoms with van der Waals surface area (Å²) in [4.78, 5) is 23.2. The average molecular weight is 389 g/mol. The van der Waals surface area contributed by atoms with Gasteiger partial charge in [-0.25, -0.2) is 8.42 Å². The van der Waals surface area contributed by atoms with Crippen molar-refractivity contribution < 1.29 is 23.1 Å². The second-order valence-electron chi connectivity index (χ2n) is 6.26. The molecule has 1 aromatic rings. The second-order valence-corrected chi connectivity index (χ2v) is 9.60. The van der Waals surface area contributed by atoms with Gasteiger partial charge in [0.2, 0.25) is 5.91 Å². The van der Waals surface area contributed by atoms with Gasteiger partial charge in [-0.3, -0.25) is 9.59 Å². The topological polar surface area (TPSA) is 104 Å². The van der Waals surface area contributed by atoms with E-state index in [1.807, 2.05) is 0 Å². The summed E-state index contributed by atoms with van der Waals surface area (Å²) in [7, 11) is -3.46. The van der Waals surface area contributed by atoms with Crippen molar-refractivity contribution in [1.29, 1.82) is 0 Å². The molecule has 1 amide bonds. The van der Waals surface area contributed by atoms with Crippen LogP contribution in [0.15, 0.2) is 16.3 Å². The van der Waals surface area contributed by atoms with Crippen LogP contribution in [-0.4, -0.2) is 48.8 Å². The van der Waals surface area contributed by atoms with Gasteiger partial charge in [0, 0.05) is 30.4 Å².